The van der Waals surface area contributed by atoms with Gasteiger partial charge in [0.15, 0.2) is 0 Å². The average Bonchev–Trinajstić information content (AvgIpc) is 2.35. The van der Waals surface area contributed by atoms with E-state index in [0.717, 1.165) is 6.42 Å². The third kappa shape index (κ3) is 4.44. The number of hydrogen-bond acceptors (Lipinski definition) is 3. The van der Waals surface area contributed by atoms with Crippen molar-refractivity contribution < 1.29 is 9.59 Å². The fourth-order valence-electron chi connectivity index (χ4n) is 1.48. The molecule has 0 aliphatic heterocycles. The SMILES string of the molecule is CCCNC(=O)C(C)NC(=O)c1ccc(Cl)cc1N. The summed E-state index contributed by atoms with van der Waals surface area (Å²) in [6, 6.07) is 3.99. The summed E-state index contributed by atoms with van der Waals surface area (Å²) in [6.07, 6.45) is 0.844. The van der Waals surface area contributed by atoms with Crippen molar-refractivity contribution in [2.75, 3.05) is 12.3 Å². The van der Waals surface area contributed by atoms with Crippen molar-refractivity contribution in [3.8, 4) is 0 Å². The highest BCUT2D eigenvalue weighted by Crippen LogP contribution is 2.17. The molecule has 1 atom stereocenters. The Morgan fingerprint density at radius 1 is 1.42 bits per heavy atom. The van der Waals surface area contributed by atoms with E-state index in [2.05, 4.69) is 10.6 Å². The lowest BCUT2D eigenvalue weighted by molar-refractivity contribution is -0.122. The first-order valence-electron chi connectivity index (χ1n) is 6.09. The van der Waals surface area contributed by atoms with Crippen LogP contribution in [0.3, 0.4) is 0 Å². The number of carbonyl (C=O) groups excluding carboxylic acids is 2. The Morgan fingerprint density at radius 3 is 2.68 bits per heavy atom. The van der Waals surface area contributed by atoms with Gasteiger partial charge in [0.25, 0.3) is 5.91 Å². The number of anilines is 1. The summed E-state index contributed by atoms with van der Waals surface area (Å²) >= 11 is 5.76. The van der Waals surface area contributed by atoms with Crippen LogP contribution in [0.2, 0.25) is 5.02 Å². The third-order valence-corrected chi connectivity index (χ3v) is 2.78. The maximum absolute atomic E-state index is 12.0. The summed E-state index contributed by atoms with van der Waals surface area (Å²) in [4.78, 5) is 23.6. The van der Waals surface area contributed by atoms with Gasteiger partial charge in [-0.05, 0) is 31.5 Å². The molecule has 2 amide bonds. The molecular weight excluding hydrogens is 266 g/mol. The molecular formula is C13H18ClN3O2. The Balaban J connectivity index is 2.66. The van der Waals surface area contributed by atoms with Gasteiger partial charge in [-0.15, -0.1) is 0 Å². The number of nitrogen functional groups attached to an aromatic ring is 1. The van der Waals surface area contributed by atoms with Crippen LogP contribution in [0.4, 0.5) is 5.69 Å². The predicted molar refractivity (Wildman–Crippen MR) is 76.1 cm³/mol. The molecule has 0 aliphatic carbocycles. The van der Waals surface area contributed by atoms with E-state index >= 15 is 0 Å². The van der Waals surface area contributed by atoms with Crippen LogP contribution >= 0.6 is 11.6 Å². The molecule has 0 spiro atoms. The van der Waals surface area contributed by atoms with Gasteiger partial charge in [-0.3, -0.25) is 9.59 Å². The van der Waals surface area contributed by atoms with E-state index in [0.29, 0.717) is 17.1 Å². The summed E-state index contributed by atoms with van der Waals surface area (Å²) in [5, 5.41) is 5.76. The molecule has 1 aromatic carbocycles. The van der Waals surface area contributed by atoms with E-state index in [-0.39, 0.29) is 11.6 Å². The number of hydrogen-bond donors (Lipinski definition) is 3. The van der Waals surface area contributed by atoms with Crippen molar-refractivity contribution in [2.24, 2.45) is 0 Å². The number of halogens is 1. The minimum atomic E-state index is -0.617. The van der Waals surface area contributed by atoms with Gasteiger partial charge < -0.3 is 16.4 Å². The standard InChI is InChI=1S/C13H18ClN3O2/c1-3-6-16-12(18)8(2)17-13(19)10-5-4-9(14)7-11(10)15/h4-5,7-8H,3,6,15H2,1-2H3,(H,16,18)(H,17,19). The molecule has 0 radical (unpaired) electrons. The number of rotatable bonds is 5. The molecule has 4 N–H and O–H groups in total. The van der Waals surface area contributed by atoms with Crippen molar-refractivity contribution in [3.63, 3.8) is 0 Å². The first-order valence-corrected chi connectivity index (χ1v) is 6.47. The second-order valence-electron chi connectivity index (χ2n) is 4.22. The molecule has 0 heterocycles. The van der Waals surface area contributed by atoms with E-state index in [1.807, 2.05) is 6.92 Å². The van der Waals surface area contributed by atoms with Crippen LogP contribution in [0.1, 0.15) is 30.6 Å². The second-order valence-corrected chi connectivity index (χ2v) is 4.65. The van der Waals surface area contributed by atoms with Crippen molar-refractivity contribution in [1.29, 1.82) is 0 Å². The van der Waals surface area contributed by atoms with Gasteiger partial charge in [0, 0.05) is 17.3 Å². The Kier molecular flexibility index (Phi) is 5.63. The largest absolute Gasteiger partial charge is 0.398 e. The second kappa shape index (κ2) is 6.99. The number of amides is 2. The molecule has 0 aromatic heterocycles. The molecule has 1 rings (SSSR count). The van der Waals surface area contributed by atoms with E-state index in [9.17, 15) is 9.59 Å². The van der Waals surface area contributed by atoms with Gasteiger partial charge in [-0.1, -0.05) is 18.5 Å². The molecule has 0 aliphatic rings. The summed E-state index contributed by atoms with van der Waals surface area (Å²) in [6.45, 7) is 4.16. The van der Waals surface area contributed by atoms with E-state index < -0.39 is 11.9 Å². The summed E-state index contributed by atoms with van der Waals surface area (Å²) in [7, 11) is 0. The predicted octanol–water partition coefficient (Wildman–Crippen LogP) is 1.57. The van der Waals surface area contributed by atoms with Gasteiger partial charge in [0.2, 0.25) is 5.91 Å². The van der Waals surface area contributed by atoms with Crippen molar-refractivity contribution in [1.82, 2.24) is 10.6 Å². The minimum Gasteiger partial charge on any atom is -0.398 e. The zero-order valence-corrected chi connectivity index (χ0v) is 11.8. The average molecular weight is 284 g/mol. The van der Waals surface area contributed by atoms with Crippen molar-refractivity contribution in [2.45, 2.75) is 26.3 Å². The molecule has 0 bridgehead atoms. The molecule has 104 valence electrons. The van der Waals surface area contributed by atoms with Crippen LogP contribution in [-0.2, 0) is 4.79 Å². The van der Waals surface area contributed by atoms with Gasteiger partial charge in [-0.2, -0.15) is 0 Å². The van der Waals surface area contributed by atoms with Crippen molar-refractivity contribution in [3.05, 3.63) is 28.8 Å². The zero-order valence-electron chi connectivity index (χ0n) is 11.0. The Labute approximate surface area is 117 Å². The molecule has 6 heteroatoms. The van der Waals surface area contributed by atoms with Crippen LogP contribution in [0.5, 0.6) is 0 Å². The van der Waals surface area contributed by atoms with Gasteiger partial charge in [-0.25, -0.2) is 0 Å². The fraction of sp³-hybridized carbons (Fsp3) is 0.385. The molecule has 1 unspecified atom stereocenters. The van der Waals surface area contributed by atoms with Crippen molar-refractivity contribution >= 4 is 29.1 Å². The lowest BCUT2D eigenvalue weighted by Gasteiger charge is -2.14. The van der Waals surface area contributed by atoms with Crippen LogP contribution < -0.4 is 16.4 Å². The molecule has 1 aromatic rings. The maximum Gasteiger partial charge on any atom is 0.254 e. The van der Waals surface area contributed by atoms with E-state index in [1.165, 1.54) is 12.1 Å². The lowest BCUT2D eigenvalue weighted by Crippen LogP contribution is -2.45. The minimum absolute atomic E-state index is 0.220. The highest BCUT2D eigenvalue weighted by atomic mass is 35.5. The lowest BCUT2D eigenvalue weighted by atomic mass is 10.1. The molecule has 19 heavy (non-hydrogen) atoms. The number of benzene rings is 1. The first-order chi connectivity index (χ1) is 8.95. The molecule has 5 nitrogen and oxygen atoms in total. The zero-order chi connectivity index (χ0) is 14.4. The van der Waals surface area contributed by atoms with Crippen LogP contribution in [0.25, 0.3) is 0 Å². The molecule has 0 saturated carbocycles. The molecule has 0 fully saturated rings. The van der Waals surface area contributed by atoms with E-state index in [4.69, 9.17) is 17.3 Å². The Morgan fingerprint density at radius 2 is 2.11 bits per heavy atom. The first kappa shape index (κ1) is 15.3. The van der Waals surface area contributed by atoms with Crippen LogP contribution in [0.15, 0.2) is 18.2 Å². The van der Waals surface area contributed by atoms with Gasteiger partial charge in [0.1, 0.15) is 6.04 Å². The molecule has 0 saturated heterocycles. The van der Waals surface area contributed by atoms with Gasteiger partial charge >= 0.3 is 0 Å². The number of carbonyl (C=O) groups is 2. The van der Waals surface area contributed by atoms with E-state index in [1.54, 1.807) is 13.0 Å². The third-order valence-electron chi connectivity index (χ3n) is 2.55. The summed E-state index contributed by atoms with van der Waals surface area (Å²) in [5.41, 5.74) is 6.30. The topological polar surface area (TPSA) is 84.2 Å². The highest BCUT2D eigenvalue weighted by Gasteiger charge is 2.17. The quantitative estimate of drug-likeness (QED) is 0.717. The smallest absolute Gasteiger partial charge is 0.254 e. The Hall–Kier alpha value is -1.75. The maximum atomic E-state index is 12.0. The summed E-state index contributed by atoms with van der Waals surface area (Å²) in [5.74, 6) is -0.615. The number of nitrogens with two attached hydrogens (primary N) is 1. The fourth-order valence-corrected chi connectivity index (χ4v) is 1.66. The normalized spacial score (nSPS) is 11.7. The monoisotopic (exact) mass is 283 g/mol. The Bertz CT molecular complexity index is 477. The summed E-state index contributed by atoms with van der Waals surface area (Å²) < 4.78 is 0. The van der Waals surface area contributed by atoms with Gasteiger partial charge in [0.05, 0.1) is 5.56 Å². The number of nitrogens with one attached hydrogen (secondary N) is 2. The van der Waals surface area contributed by atoms with Crippen LogP contribution in [0, 0.1) is 0 Å². The highest BCUT2D eigenvalue weighted by molar-refractivity contribution is 6.31. The van der Waals surface area contributed by atoms with Crippen LogP contribution in [-0.4, -0.2) is 24.4 Å².